The first kappa shape index (κ1) is 14.4. The van der Waals surface area contributed by atoms with E-state index in [1.807, 2.05) is 20.8 Å². The van der Waals surface area contributed by atoms with E-state index in [1.165, 1.54) is 0 Å². The topological polar surface area (TPSA) is 75.6 Å². The Morgan fingerprint density at radius 1 is 1.20 bits per heavy atom. The zero-order valence-electron chi connectivity index (χ0n) is 11.8. The molecule has 0 aromatic heterocycles. The maximum Gasteiger partial charge on any atom is 0.307 e. The number of anilines is 1. The molecule has 5 heteroatoms. The van der Waals surface area contributed by atoms with Gasteiger partial charge in [-0.1, -0.05) is 0 Å². The van der Waals surface area contributed by atoms with E-state index in [9.17, 15) is 9.59 Å². The largest absolute Gasteiger partial charge is 0.488 e. The molecular weight excluding hydrogens is 258 g/mol. The molecule has 2 rings (SSSR count). The van der Waals surface area contributed by atoms with Gasteiger partial charge in [0.2, 0.25) is 5.91 Å². The molecule has 0 aliphatic heterocycles. The number of aliphatic carboxylic acids is 1. The minimum Gasteiger partial charge on any atom is -0.488 e. The van der Waals surface area contributed by atoms with Gasteiger partial charge in [0.1, 0.15) is 11.4 Å². The first-order chi connectivity index (χ1) is 9.26. The molecule has 0 heterocycles. The standard InChI is InChI=1S/C15H19NO4/c1-15(2,3)20-10-6-4-9(5-7-10)16-13(17)11-8-12(11)14(18)19/h4-7,11-12H,8H2,1-3H3,(H,16,17)(H,18,19). The third-order valence-corrected chi connectivity index (χ3v) is 2.99. The number of carbonyl (C=O) groups excluding carboxylic acids is 1. The first-order valence-corrected chi connectivity index (χ1v) is 6.59. The van der Waals surface area contributed by atoms with Gasteiger partial charge in [-0.2, -0.15) is 0 Å². The van der Waals surface area contributed by atoms with Crippen molar-refractivity contribution < 1.29 is 19.4 Å². The summed E-state index contributed by atoms with van der Waals surface area (Å²) in [6.07, 6.45) is 0.423. The number of nitrogens with one attached hydrogen (secondary N) is 1. The van der Waals surface area contributed by atoms with Gasteiger partial charge in [0.15, 0.2) is 0 Å². The van der Waals surface area contributed by atoms with Crippen LogP contribution in [0.3, 0.4) is 0 Å². The molecule has 1 aliphatic rings. The smallest absolute Gasteiger partial charge is 0.307 e. The SMILES string of the molecule is CC(C)(C)Oc1ccc(NC(=O)C2CC2C(=O)O)cc1. The highest BCUT2D eigenvalue weighted by Gasteiger charge is 2.48. The highest BCUT2D eigenvalue weighted by molar-refractivity contribution is 5.98. The van der Waals surface area contributed by atoms with Gasteiger partial charge in [0.25, 0.3) is 0 Å². The Bertz CT molecular complexity index is 516. The van der Waals surface area contributed by atoms with Crippen LogP contribution in [-0.2, 0) is 9.59 Å². The van der Waals surface area contributed by atoms with E-state index in [-0.39, 0.29) is 11.5 Å². The van der Waals surface area contributed by atoms with Crippen LogP contribution >= 0.6 is 0 Å². The summed E-state index contributed by atoms with van der Waals surface area (Å²) in [5.41, 5.74) is 0.375. The summed E-state index contributed by atoms with van der Waals surface area (Å²) in [5.74, 6) is -1.34. The van der Waals surface area contributed by atoms with E-state index in [4.69, 9.17) is 9.84 Å². The van der Waals surface area contributed by atoms with Crippen LogP contribution in [0.15, 0.2) is 24.3 Å². The molecule has 0 spiro atoms. The average molecular weight is 277 g/mol. The Labute approximate surface area is 117 Å². The summed E-state index contributed by atoms with van der Waals surface area (Å²) in [4.78, 5) is 22.5. The van der Waals surface area contributed by atoms with Gasteiger partial charge < -0.3 is 15.2 Å². The van der Waals surface area contributed by atoms with Gasteiger partial charge in [-0.05, 0) is 51.5 Å². The van der Waals surface area contributed by atoms with Crippen LogP contribution in [0.4, 0.5) is 5.69 Å². The summed E-state index contributed by atoms with van der Waals surface area (Å²) in [5, 5.41) is 11.5. The van der Waals surface area contributed by atoms with Crippen molar-refractivity contribution in [3.63, 3.8) is 0 Å². The Morgan fingerprint density at radius 2 is 1.80 bits per heavy atom. The molecule has 0 bridgehead atoms. The lowest BCUT2D eigenvalue weighted by molar-refractivity contribution is -0.139. The zero-order chi connectivity index (χ0) is 14.9. The van der Waals surface area contributed by atoms with Gasteiger partial charge in [-0.25, -0.2) is 0 Å². The van der Waals surface area contributed by atoms with Crippen LogP contribution in [0.1, 0.15) is 27.2 Å². The van der Waals surface area contributed by atoms with Crippen molar-refractivity contribution in [3.8, 4) is 5.75 Å². The second-order valence-corrected chi connectivity index (χ2v) is 6.01. The molecule has 1 amide bonds. The Hall–Kier alpha value is -2.04. The fraction of sp³-hybridized carbons (Fsp3) is 0.467. The van der Waals surface area contributed by atoms with Crippen molar-refractivity contribution in [1.82, 2.24) is 0 Å². The molecule has 2 unspecified atom stereocenters. The molecule has 2 atom stereocenters. The van der Waals surface area contributed by atoms with E-state index < -0.39 is 17.8 Å². The van der Waals surface area contributed by atoms with Crippen LogP contribution in [0.5, 0.6) is 5.75 Å². The third kappa shape index (κ3) is 3.73. The molecule has 1 aromatic carbocycles. The fourth-order valence-electron chi connectivity index (χ4n) is 1.95. The highest BCUT2D eigenvalue weighted by atomic mass is 16.5. The highest BCUT2D eigenvalue weighted by Crippen LogP contribution is 2.39. The van der Waals surface area contributed by atoms with Crippen molar-refractivity contribution in [3.05, 3.63) is 24.3 Å². The Kier molecular flexibility index (Phi) is 3.70. The van der Waals surface area contributed by atoms with E-state index in [0.717, 1.165) is 5.75 Å². The van der Waals surface area contributed by atoms with Gasteiger partial charge in [0.05, 0.1) is 11.8 Å². The number of carbonyl (C=O) groups is 2. The van der Waals surface area contributed by atoms with E-state index >= 15 is 0 Å². The number of carboxylic acid groups (broad SMARTS) is 1. The maximum atomic E-state index is 11.8. The van der Waals surface area contributed by atoms with Gasteiger partial charge >= 0.3 is 5.97 Å². The number of ether oxygens (including phenoxy) is 1. The van der Waals surface area contributed by atoms with Crippen molar-refractivity contribution in [2.75, 3.05) is 5.32 Å². The van der Waals surface area contributed by atoms with Crippen LogP contribution in [0, 0.1) is 11.8 Å². The van der Waals surface area contributed by atoms with Crippen molar-refractivity contribution in [2.45, 2.75) is 32.8 Å². The van der Waals surface area contributed by atoms with Crippen molar-refractivity contribution in [1.29, 1.82) is 0 Å². The number of hydrogen-bond donors (Lipinski definition) is 2. The second-order valence-electron chi connectivity index (χ2n) is 6.01. The normalized spacial score (nSPS) is 21.1. The Balaban J connectivity index is 1.91. The van der Waals surface area contributed by atoms with E-state index in [1.54, 1.807) is 24.3 Å². The minimum atomic E-state index is -0.904. The number of amides is 1. The fourth-order valence-corrected chi connectivity index (χ4v) is 1.95. The molecule has 1 fully saturated rings. The molecule has 5 nitrogen and oxygen atoms in total. The zero-order valence-corrected chi connectivity index (χ0v) is 11.8. The van der Waals surface area contributed by atoms with E-state index in [2.05, 4.69) is 5.32 Å². The average Bonchev–Trinajstić information content (AvgIpc) is 3.09. The Morgan fingerprint density at radius 3 is 2.25 bits per heavy atom. The summed E-state index contributed by atoms with van der Waals surface area (Å²) < 4.78 is 5.68. The molecule has 20 heavy (non-hydrogen) atoms. The summed E-state index contributed by atoms with van der Waals surface area (Å²) in [6.45, 7) is 5.88. The number of carboxylic acids is 1. The first-order valence-electron chi connectivity index (χ1n) is 6.59. The van der Waals surface area contributed by atoms with Crippen LogP contribution in [0.2, 0.25) is 0 Å². The molecule has 2 N–H and O–H groups in total. The molecule has 0 saturated heterocycles. The maximum absolute atomic E-state index is 11.8. The van der Waals surface area contributed by atoms with Gasteiger partial charge in [-0.15, -0.1) is 0 Å². The molecule has 108 valence electrons. The lowest BCUT2D eigenvalue weighted by atomic mass is 10.2. The second kappa shape index (κ2) is 5.15. The molecular formula is C15H19NO4. The van der Waals surface area contributed by atoms with Crippen molar-refractivity contribution >= 4 is 17.6 Å². The quantitative estimate of drug-likeness (QED) is 0.886. The monoisotopic (exact) mass is 277 g/mol. The summed E-state index contributed by atoms with van der Waals surface area (Å²) in [7, 11) is 0. The lowest BCUT2D eigenvalue weighted by Crippen LogP contribution is -2.22. The molecule has 1 aliphatic carbocycles. The number of hydrogen-bond acceptors (Lipinski definition) is 3. The summed E-state index contributed by atoms with van der Waals surface area (Å²) >= 11 is 0. The molecule has 1 aromatic rings. The lowest BCUT2D eigenvalue weighted by Gasteiger charge is -2.21. The number of benzene rings is 1. The van der Waals surface area contributed by atoms with Crippen LogP contribution in [0.25, 0.3) is 0 Å². The van der Waals surface area contributed by atoms with E-state index in [0.29, 0.717) is 12.1 Å². The summed E-state index contributed by atoms with van der Waals surface area (Å²) in [6, 6.07) is 7.05. The minimum absolute atomic E-state index is 0.234. The molecule has 0 radical (unpaired) electrons. The van der Waals surface area contributed by atoms with Gasteiger partial charge in [-0.3, -0.25) is 9.59 Å². The predicted molar refractivity (Wildman–Crippen MR) is 74.7 cm³/mol. The number of rotatable bonds is 4. The third-order valence-electron chi connectivity index (χ3n) is 2.99. The van der Waals surface area contributed by atoms with Crippen molar-refractivity contribution in [2.24, 2.45) is 11.8 Å². The van der Waals surface area contributed by atoms with Crippen LogP contribution < -0.4 is 10.1 Å². The van der Waals surface area contributed by atoms with Gasteiger partial charge in [0, 0.05) is 5.69 Å². The van der Waals surface area contributed by atoms with Crippen LogP contribution in [-0.4, -0.2) is 22.6 Å². The molecule has 1 saturated carbocycles. The predicted octanol–water partition coefficient (Wildman–Crippen LogP) is 2.52.